The number of rotatable bonds is 2. The van der Waals surface area contributed by atoms with Gasteiger partial charge in [0.25, 0.3) is 0 Å². The van der Waals surface area contributed by atoms with Gasteiger partial charge in [-0.25, -0.2) is 0 Å². The summed E-state index contributed by atoms with van der Waals surface area (Å²) in [5, 5.41) is 32.1. The first kappa shape index (κ1) is 37.0. The third kappa shape index (κ3) is 479. The van der Waals surface area contributed by atoms with E-state index in [-0.39, 0.29) is 53.0 Å². The number of aliphatic carboxylic acids is 1. The van der Waals surface area contributed by atoms with Crippen LogP contribution in [0.25, 0.3) is 0 Å². The van der Waals surface area contributed by atoms with Crippen LogP contribution in [0.4, 0.5) is 0 Å². The Bertz CT molecular complexity index is 131. The standard InChI is InChI=1S/C4H8O2.3C3H8O.2Al.6H/c1-2-3-4(5)6;3*1-3(2)4;;;;;;;;/h2-3H2,1H3,(H,5,6);3*3-4H,1-2H3;;;;;;;;. The van der Waals surface area contributed by atoms with Gasteiger partial charge >= 0.3 is 5.97 Å². The van der Waals surface area contributed by atoms with Crippen LogP contribution in [-0.2, 0) is 4.79 Å². The Kier molecular flexibility index (Phi) is 58.7. The Balaban J connectivity index is -0.0000000322. The van der Waals surface area contributed by atoms with Gasteiger partial charge in [0.1, 0.15) is 0 Å². The van der Waals surface area contributed by atoms with Gasteiger partial charge in [-0.1, -0.05) is 6.92 Å². The van der Waals surface area contributed by atoms with E-state index in [2.05, 4.69) is 0 Å². The highest BCUT2D eigenvalue weighted by Gasteiger charge is 1.87. The number of hydrogen-bond acceptors (Lipinski definition) is 4. The van der Waals surface area contributed by atoms with Gasteiger partial charge in [0.15, 0.2) is 34.7 Å². The first-order valence-electron chi connectivity index (χ1n) is 6.23. The molecule has 0 atom stereocenters. The zero-order valence-electron chi connectivity index (χ0n) is 12.8. The van der Waals surface area contributed by atoms with Crippen molar-refractivity contribution >= 4 is 40.7 Å². The maximum atomic E-state index is 9.60. The lowest BCUT2D eigenvalue weighted by Crippen LogP contribution is -1.90. The minimum Gasteiger partial charge on any atom is -0.481 e. The van der Waals surface area contributed by atoms with E-state index in [1.807, 2.05) is 6.92 Å². The van der Waals surface area contributed by atoms with Gasteiger partial charge < -0.3 is 20.4 Å². The summed E-state index contributed by atoms with van der Waals surface area (Å²) in [6, 6.07) is 0. The van der Waals surface area contributed by atoms with Crippen LogP contribution in [0, 0.1) is 0 Å². The summed E-state index contributed by atoms with van der Waals surface area (Å²) in [6.45, 7) is 12.2. The van der Waals surface area contributed by atoms with Gasteiger partial charge in [-0.3, -0.25) is 4.79 Å². The second-order valence-corrected chi connectivity index (χ2v) is 4.42. The Morgan fingerprint density at radius 1 is 0.800 bits per heavy atom. The monoisotopic (exact) mass is 328 g/mol. The van der Waals surface area contributed by atoms with Crippen molar-refractivity contribution in [2.24, 2.45) is 0 Å². The summed E-state index contributed by atoms with van der Waals surface area (Å²) in [4.78, 5) is 9.60. The van der Waals surface area contributed by atoms with Crippen LogP contribution < -0.4 is 0 Å². The zero-order valence-corrected chi connectivity index (χ0v) is 12.8. The Hall–Kier alpha value is 0.415. The third-order valence-corrected chi connectivity index (χ3v) is 0.464. The fourth-order valence-corrected chi connectivity index (χ4v) is 0.214. The molecule has 0 heterocycles. The maximum Gasteiger partial charge on any atom is 0.303 e. The topological polar surface area (TPSA) is 98.0 Å². The molecule has 0 aromatic carbocycles. The molecule has 0 rings (SSSR count). The number of aliphatic hydroxyl groups excluding tert-OH is 3. The average molecular weight is 328 g/mol. The molecule has 0 aliphatic heterocycles. The molecule has 0 aromatic rings. The largest absolute Gasteiger partial charge is 0.481 e. The SMILES string of the molecule is CC(C)O.CC(C)O.CC(C)O.CCCC(=O)O.[AlH3].[AlH3]. The summed E-state index contributed by atoms with van der Waals surface area (Å²) in [7, 11) is 0. The fourth-order valence-electron chi connectivity index (χ4n) is 0.214. The van der Waals surface area contributed by atoms with Crippen LogP contribution in [0.3, 0.4) is 0 Å². The highest BCUT2D eigenvalue weighted by Crippen LogP contribution is 1.82. The second kappa shape index (κ2) is 31.7. The van der Waals surface area contributed by atoms with Crippen molar-refractivity contribution in [3.05, 3.63) is 0 Å². The van der Waals surface area contributed by atoms with Crippen LogP contribution in [0.2, 0.25) is 0 Å². The van der Waals surface area contributed by atoms with E-state index in [1.54, 1.807) is 41.5 Å². The normalized spacial score (nSPS) is 7.85. The van der Waals surface area contributed by atoms with Crippen LogP contribution in [0.5, 0.6) is 0 Å². The van der Waals surface area contributed by atoms with Gasteiger partial charge in [0.2, 0.25) is 0 Å². The third-order valence-electron chi connectivity index (χ3n) is 0.464. The molecule has 0 saturated carbocycles. The van der Waals surface area contributed by atoms with E-state index in [0.717, 1.165) is 6.42 Å². The molecule has 5 nitrogen and oxygen atoms in total. The molecule has 0 aliphatic rings. The highest BCUT2D eigenvalue weighted by molar-refractivity contribution is 5.76. The highest BCUT2D eigenvalue weighted by atomic mass is 27.0. The van der Waals surface area contributed by atoms with E-state index in [1.165, 1.54) is 0 Å². The number of aliphatic hydroxyl groups is 3. The molecule has 0 unspecified atom stereocenters. The lowest BCUT2D eigenvalue weighted by atomic mass is 10.4. The summed E-state index contributed by atoms with van der Waals surface area (Å²) < 4.78 is 0. The Morgan fingerprint density at radius 2 is 0.950 bits per heavy atom. The van der Waals surface area contributed by atoms with E-state index in [9.17, 15) is 4.79 Å². The molecule has 7 heteroatoms. The minimum atomic E-state index is -0.711. The van der Waals surface area contributed by atoms with Gasteiger partial charge in [0.05, 0.1) is 0 Å². The molecule has 0 amide bonds. The van der Waals surface area contributed by atoms with Crippen LogP contribution in [-0.4, -0.2) is 79.4 Å². The average Bonchev–Trinajstić information content (AvgIpc) is 1.98. The second-order valence-electron chi connectivity index (χ2n) is 4.42. The molecule has 4 N–H and O–H groups in total. The first-order valence-corrected chi connectivity index (χ1v) is 6.23. The van der Waals surface area contributed by atoms with Gasteiger partial charge in [0, 0.05) is 24.7 Å². The van der Waals surface area contributed by atoms with Crippen LogP contribution in [0.1, 0.15) is 61.3 Å². The molecular formula is C13H38Al2O5. The van der Waals surface area contributed by atoms with Gasteiger partial charge in [-0.2, -0.15) is 0 Å². The van der Waals surface area contributed by atoms with E-state index in [0.29, 0.717) is 6.42 Å². The maximum absolute atomic E-state index is 9.60. The molecule has 0 saturated heterocycles. The number of carboxylic acid groups (broad SMARTS) is 1. The predicted octanol–water partition coefficient (Wildman–Crippen LogP) is -0.335. The molecule has 0 bridgehead atoms. The van der Waals surface area contributed by atoms with Crippen LogP contribution >= 0.6 is 0 Å². The quantitative estimate of drug-likeness (QED) is 0.520. The van der Waals surface area contributed by atoms with E-state index < -0.39 is 5.97 Å². The molecule has 0 fully saturated rings. The van der Waals surface area contributed by atoms with Crippen molar-refractivity contribution in [2.45, 2.75) is 79.6 Å². The van der Waals surface area contributed by atoms with Gasteiger partial charge in [-0.05, 0) is 48.0 Å². The summed E-state index contributed by atoms with van der Waals surface area (Å²) in [5.41, 5.74) is 0. The van der Waals surface area contributed by atoms with Crippen molar-refractivity contribution in [1.29, 1.82) is 0 Å². The van der Waals surface area contributed by atoms with E-state index in [4.69, 9.17) is 20.4 Å². The lowest BCUT2D eigenvalue weighted by molar-refractivity contribution is -0.137. The van der Waals surface area contributed by atoms with Crippen LogP contribution in [0.15, 0.2) is 0 Å². The van der Waals surface area contributed by atoms with Crippen molar-refractivity contribution in [2.75, 3.05) is 0 Å². The minimum absolute atomic E-state index is 0. The van der Waals surface area contributed by atoms with E-state index >= 15 is 0 Å². The smallest absolute Gasteiger partial charge is 0.303 e. The molecule has 0 spiro atoms. The first-order chi connectivity index (χ1) is 7.97. The van der Waals surface area contributed by atoms with Crippen molar-refractivity contribution in [3.8, 4) is 0 Å². The lowest BCUT2D eigenvalue weighted by Gasteiger charge is -1.80. The fraction of sp³-hybridized carbons (Fsp3) is 0.923. The Labute approximate surface area is 145 Å². The predicted molar refractivity (Wildman–Crippen MR) is 94.5 cm³/mol. The molecule has 0 radical (unpaired) electrons. The Morgan fingerprint density at radius 3 is 0.950 bits per heavy atom. The molecule has 126 valence electrons. The summed E-state index contributed by atoms with van der Waals surface area (Å²) >= 11 is 0. The summed E-state index contributed by atoms with van der Waals surface area (Å²) in [5.74, 6) is -0.711. The van der Waals surface area contributed by atoms with Crippen molar-refractivity contribution < 1.29 is 25.2 Å². The van der Waals surface area contributed by atoms with Crippen molar-refractivity contribution in [3.63, 3.8) is 0 Å². The summed E-state index contributed by atoms with van der Waals surface area (Å²) in [6.07, 6.45) is 0.523. The number of hydrogen-bond donors (Lipinski definition) is 4. The van der Waals surface area contributed by atoms with Crippen molar-refractivity contribution in [1.82, 2.24) is 0 Å². The molecule has 0 aromatic heterocycles. The number of carboxylic acids is 1. The number of carbonyl (C=O) groups is 1. The molecule has 0 aliphatic carbocycles. The van der Waals surface area contributed by atoms with Gasteiger partial charge in [-0.15, -0.1) is 0 Å². The molecular weight excluding hydrogens is 290 g/mol. The zero-order chi connectivity index (χ0) is 15.7. The molecule has 20 heavy (non-hydrogen) atoms.